The fourth-order valence-electron chi connectivity index (χ4n) is 2.38. The quantitative estimate of drug-likeness (QED) is 0.775. The molecule has 0 unspecified atom stereocenters. The molecule has 0 saturated carbocycles. The summed E-state index contributed by atoms with van der Waals surface area (Å²) >= 11 is 0. The highest BCUT2D eigenvalue weighted by Gasteiger charge is 2.13. The maximum Gasteiger partial charge on any atom is 0.231 e. The number of rotatable bonds is 5. The molecule has 0 aliphatic carbocycles. The summed E-state index contributed by atoms with van der Waals surface area (Å²) < 4.78 is 20.1. The third kappa shape index (κ3) is 3.82. The molecule has 128 valence electrons. The van der Waals surface area contributed by atoms with Crippen molar-refractivity contribution in [3.05, 3.63) is 59.9 Å². The molecule has 1 aromatic heterocycles. The molecule has 3 aromatic rings. The molecule has 1 amide bonds. The largest absolute Gasteiger partial charge is 0.494 e. The summed E-state index contributed by atoms with van der Waals surface area (Å²) in [5.41, 5.74) is 1.40. The number of hydrogen-bond acceptors (Lipinski definition) is 4. The number of amides is 1. The molecular weight excluding hydrogens is 323 g/mol. The molecule has 0 saturated heterocycles. The minimum absolute atomic E-state index is 0.0223. The van der Waals surface area contributed by atoms with Crippen LogP contribution in [0.2, 0.25) is 0 Å². The lowest BCUT2D eigenvalue weighted by molar-refractivity contribution is -0.115. The molecular formula is C18H17FN4O2. The number of methoxy groups -OCH3 is 1. The van der Waals surface area contributed by atoms with Crippen LogP contribution in [0.15, 0.2) is 48.5 Å². The number of carbonyl (C=O) groups excluding carboxylic acids is 1. The second kappa shape index (κ2) is 7.12. The van der Waals surface area contributed by atoms with Crippen molar-refractivity contribution in [1.82, 2.24) is 14.8 Å². The van der Waals surface area contributed by atoms with Gasteiger partial charge in [-0.05, 0) is 17.7 Å². The number of aryl methyl sites for hydroxylation is 1. The number of nitrogens with zero attached hydrogens (tertiary/aromatic N) is 3. The SMILES string of the molecule is COc1ccc(CC(=O)Nc2nc(-c3ccccc3)nn2C)cc1F. The normalized spacial score (nSPS) is 10.5. The summed E-state index contributed by atoms with van der Waals surface area (Å²) in [5, 5.41) is 6.99. The van der Waals surface area contributed by atoms with Crippen LogP contribution in [0.3, 0.4) is 0 Å². The molecule has 1 N–H and O–H groups in total. The molecule has 0 aliphatic heterocycles. The van der Waals surface area contributed by atoms with Gasteiger partial charge in [0.1, 0.15) is 0 Å². The van der Waals surface area contributed by atoms with Crippen LogP contribution < -0.4 is 10.1 Å². The van der Waals surface area contributed by atoms with Crippen molar-refractivity contribution in [2.75, 3.05) is 12.4 Å². The van der Waals surface area contributed by atoms with E-state index >= 15 is 0 Å². The number of hydrogen-bond donors (Lipinski definition) is 1. The molecule has 0 spiro atoms. The van der Waals surface area contributed by atoms with Gasteiger partial charge in [0.05, 0.1) is 13.5 Å². The van der Waals surface area contributed by atoms with Gasteiger partial charge in [-0.15, -0.1) is 5.10 Å². The van der Waals surface area contributed by atoms with Crippen molar-refractivity contribution in [2.45, 2.75) is 6.42 Å². The predicted molar refractivity (Wildman–Crippen MR) is 91.7 cm³/mol. The summed E-state index contributed by atoms with van der Waals surface area (Å²) in [4.78, 5) is 16.5. The Bertz CT molecular complexity index is 893. The Hall–Kier alpha value is -3.22. The van der Waals surface area contributed by atoms with Gasteiger partial charge in [-0.1, -0.05) is 36.4 Å². The summed E-state index contributed by atoms with van der Waals surface area (Å²) in [6, 6.07) is 13.9. The first-order chi connectivity index (χ1) is 12.1. The number of benzene rings is 2. The van der Waals surface area contributed by atoms with E-state index < -0.39 is 5.82 Å². The van der Waals surface area contributed by atoms with Crippen LogP contribution in [0.1, 0.15) is 5.56 Å². The van der Waals surface area contributed by atoms with Crippen molar-refractivity contribution in [2.24, 2.45) is 7.05 Å². The zero-order valence-electron chi connectivity index (χ0n) is 13.9. The van der Waals surface area contributed by atoms with Crippen LogP contribution >= 0.6 is 0 Å². The van der Waals surface area contributed by atoms with Crippen LogP contribution in [0.4, 0.5) is 10.3 Å². The number of carbonyl (C=O) groups is 1. The molecule has 0 fully saturated rings. The van der Waals surface area contributed by atoms with E-state index in [4.69, 9.17) is 4.74 Å². The Morgan fingerprint density at radius 3 is 2.68 bits per heavy atom. The highest BCUT2D eigenvalue weighted by Crippen LogP contribution is 2.19. The topological polar surface area (TPSA) is 69.0 Å². The van der Waals surface area contributed by atoms with Gasteiger partial charge in [0, 0.05) is 12.6 Å². The predicted octanol–water partition coefficient (Wildman–Crippen LogP) is 2.81. The van der Waals surface area contributed by atoms with E-state index in [2.05, 4.69) is 15.4 Å². The van der Waals surface area contributed by atoms with Crippen LogP contribution in [0.5, 0.6) is 5.75 Å². The van der Waals surface area contributed by atoms with E-state index in [1.807, 2.05) is 30.3 Å². The molecule has 3 rings (SSSR count). The Morgan fingerprint density at radius 1 is 1.24 bits per heavy atom. The maximum absolute atomic E-state index is 13.7. The first kappa shape index (κ1) is 16.6. The third-order valence-electron chi connectivity index (χ3n) is 3.63. The lowest BCUT2D eigenvalue weighted by atomic mass is 10.1. The zero-order chi connectivity index (χ0) is 17.8. The summed E-state index contributed by atoms with van der Waals surface area (Å²) in [6.45, 7) is 0. The first-order valence-electron chi connectivity index (χ1n) is 7.65. The van der Waals surface area contributed by atoms with E-state index in [1.54, 1.807) is 13.1 Å². The van der Waals surface area contributed by atoms with Crippen LogP contribution in [0, 0.1) is 5.82 Å². The van der Waals surface area contributed by atoms with Crippen molar-refractivity contribution >= 4 is 11.9 Å². The highest BCUT2D eigenvalue weighted by molar-refractivity contribution is 5.90. The average Bonchev–Trinajstić information content (AvgIpc) is 2.96. The Labute approximate surface area is 144 Å². The van der Waals surface area contributed by atoms with Gasteiger partial charge >= 0.3 is 0 Å². The Balaban J connectivity index is 1.71. The van der Waals surface area contributed by atoms with E-state index in [0.29, 0.717) is 17.3 Å². The average molecular weight is 340 g/mol. The molecule has 0 atom stereocenters. The lowest BCUT2D eigenvalue weighted by Gasteiger charge is -2.06. The molecule has 25 heavy (non-hydrogen) atoms. The van der Waals surface area contributed by atoms with Gasteiger partial charge in [-0.3, -0.25) is 10.1 Å². The molecule has 0 aliphatic rings. The molecule has 7 heteroatoms. The van der Waals surface area contributed by atoms with Crippen LogP contribution in [-0.4, -0.2) is 27.8 Å². The molecule has 0 bridgehead atoms. The first-order valence-corrected chi connectivity index (χ1v) is 7.65. The fraction of sp³-hybridized carbons (Fsp3) is 0.167. The zero-order valence-corrected chi connectivity index (χ0v) is 13.9. The highest BCUT2D eigenvalue weighted by atomic mass is 19.1. The Kier molecular flexibility index (Phi) is 4.74. The van der Waals surface area contributed by atoms with Gasteiger partial charge in [-0.25, -0.2) is 9.07 Å². The van der Waals surface area contributed by atoms with Gasteiger partial charge in [0.25, 0.3) is 0 Å². The second-order valence-corrected chi connectivity index (χ2v) is 5.44. The van der Waals surface area contributed by atoms with Crippen molar-refractivity contribution in [3.63, 3.8) is 0 Å². The number of ether oxygens (including phenoxy) is 1. The number of aromatic nitrogens is 3. The van der Waals surface area contributed by atoms with Crippen molar-refractivity contribution in [1.29, 1.82) is 0 Å². The van der Waals surface area contributed by atoms with Crippen LogP contribution in [0.25, 0.3) is 11.4 Å². The van der Waals surface area contributed by atoms with E-state index in [-0.39, 0.29) is 18.1 Å². The molecule has 1 heterocycles. The van der Waals surface area contributed by atoms with E-state index in [1.165, 1.54) is 23.9 Å². The minimum atomic E-state index is -0.502. The summed E-state index contributed by atoms with van der Waals surface area (Å²) in [5.74, 6) is 0.189. The standard InChI is InChI=1S/C18H17FN4O2/c1-23-18(21-17(22-23)13-6-4-3-5-7-13)20-16(24)11-12-8-9-15(25-2)14(19)10-12/h3-10H,11H2,1-2H3,(H,20,21,22,24). The van der Waals surface area contributed by atoms with Crippen molar-refractivity contribution < 1.29 is 13.9 Å². The minimum Gasteiger partial charge on any atom is -0.494 e. The van der Waals surface area contributed by atoms with Gasteiger partial charge in [-0.2, -0.15) is 4.98 Å². The van der Waals surface area contributed by atoms with Crippen LogP contribution in [-0.2, 0) is 18.3 Å². The van der Waals surface area contributed by atoms with Gasteiger partial charge < -0.3 is 4.74 Å². The fourth-order valence-corrected chi connectivity index (χ4v) is 2.38. The monoisotopic (exact) mass is 340 g/mol. The second-order valence-electron chi connectivity index (χ2n) is 5.44. The Morgan fingerprint density at radius 2 is 2.00 bits per heavy atom. The van der Waals surface area contributed by atoms with Gasteiger partial charge in [0.15, 0.2) is 17.4 Å². The summed E-state index contributed by atoms with van der Waals surface area (Å²) in [7, 11) is 3.09. The molecule has 0 radical (unpaired) electrons. The van der Waals surface area contributed by atoms with Gasteiger partial charge in [0.2, 0.25) is 11.9 Å². The van der Waals surface area contributed by atoms with Crippen molar-refractivity contribution in [3.8, 4) is 17.1 Å². The third-order valence-corrected chi connectivity index (χ3v) is 3.63. The number of anilines is 1. The maximum atomic E-state index is 13.7. The lowest BCUT2D eigenvalue weighted by Crippen LogP contribution is -2.17. The van der Waals surface area contributed by atoms with E-state index in [0.717, 1.165) is 5.56 Å². The molecule has 6 nitrogen and oxygen atoms in total. The molecule has 2 aromatic carbocycles. The summed E-state index contributed by atoms with van der Waals surface area (Å²) in [6.07, 6.45) is 0.0223. The van der Waals surface area contributed by atoms with E-state index in [9.17, 15) is 9.18 Å². The number of nitrogens with one attached hydrogen (secondary N) is 1. The smallest absolute Gasteiger partial charge is 0.231 e. The number of halogens is 1.